The summed E-state index contributed by atoms with van der Waals surface area (Å²) >= 11 is 0. The molecule has 24 aromatic rings. The average molecular weight is 1730 g/mol. The molecule has 9 aromatic heterocycles. The number of ether oxygens (including phenoxy) is 3. The van der Waals surface area contributed by atoms with Gasteiger partial charge in [0, 0.05) is 117 Å². The summed E-state index contributed by atoms with van der Waals surface area (Å²) in [5.74, 6) is 5.26. The van der Waals surface area contributed by atoms with Crippen LogP contribution in [0.4, 0.5) is 0 Å². The predicted molar refractivity (Wildman–Crippen MR) is 546 cm³/mol. The maximum absolute atomic E-state index is 6.33. The van der Waals surface area contributed by atoms with Gasteiger partial charge < -0.3 is 14.2 Å². The molecule has 0 atom stereocenters. The second-order valence-corrected chi connectivity index (χ2v) is 33.8. The molecular weight excluding hydrogens is 1650 g/mol. The molecule has 0 amide bonds. The second-order valence-electron chi connectivity index (χ2n) is 33.8. The van der Waals surface area contributed by atoms with Crippen molar-refractivity contribution in [3.8, 4) is 203 Å². The van der Waals surface area contributed by atoms with Crippen LogP contribution in [0.3, 0.4) is 0 Å². The van der Waals surface area contributed by atoms with Gasteiger partial charge in [-0.1, -0.05) is 291 Å². The lowest BCUT2D eigenvalue weighted by molar-refractivity contribution is 0.487. The van der Waals surface area contributed by atoms with Gasteiger partial charge in [0.05, 0.1) is 56.9 Å². The maximum atomic E-state index is 6.33. The van der Waals surface area contributed by atoms with Gasteiger partial charge in [0.2, 0.25) is 0 Å². The summed E-state index contributed by atoms with van der Waals surface area (Å²) in [7, 11) is 0. The largest absolute Gasteiger partial charge is 0.456 e. The van der Waals surface area contributed by atoms with E-state index in [4.69, 9.17) is 59.1 Å². The predicted octanol–water partition coefficient (Wildman–Crippen LogP) is 31.9. The zero-order chi connectivity index (χ0) is 89.2. The molecule has 0 saturated heterocycles. The lowest BCUT2D eigenvalue weighted by Crippen LogP contribution is -1.98. The average Bonchev–Trinajstić information content (AvgIpc) is 0.742. The summed E-state index contributed by atoms with van der Waals surface area (Å²) in [4.78, 5) is 45.1. The Morgan fingerprint density at radius 1 is 0.141 bits per heavy atom. The number of rotatable bonds is 12. The first-order chi connectivity index (χ1) is 66.8. The molecule has 0 spiro atoms. The molecule has 12 heterocycles. The van der Waals surface area contributed by atoms with Crippen molar-refractivity contribution in [1.29, 1.82) is 0 Å². The molecule has 12 heteroatoms. The SMILES string of the molecule is c1ccc(-c2cc(-c3ccc4ccc(-c5ccc6c7c(cccc57)-c5ccccc5O6)nc4n3)cc(-c3ccccc3)n2)cc1.c1ccc(-c2cc(-c3ccccc3)nc(-c3ccc4ccc(-c5ccc6c7c(cccc57)-c5ccccc5O6)nc4n3)c2)cc1.c1ccc(-c2cc(-c3cnc4ncc(-c5ccc6c7c(cccc57)-c5ccccc5O6)cc4c3)cc(-c3ccccc3)n2)cc1. The van der Waals surface area contributed by atoms with Gasteiger partial charge >= 0.3 is 0 Å². The fraction of sp³-hybridized carbons (Fsp3) is 0. The van der Waals surface area contributed by atoms with E-state index in [2.05, 4.69) is 303 Å². The Labute approximate surface area is 777 Å². The lowest BCUT2D eigenvalue weighted by Gasteiger charge is -2.22. The first-order valence-corrected chi connectivity index (χ1v) is 45.1. The van der Waals surface area contributed by atoms with E-state index in [1.807, 2.05) is 152 Å². The number of para-hydroxylation sites is 3. The highest BCUT2D eigenvalue weighted by Gasteiger charge is 2.27. The zero-order valence-corrected chi connectivity index (χ0v) is 72.6. The summed E-state index contributed by atoms with van der Waals surface area (Å²) in [6.45, 7) is 0. The number of fused-ring (bicyclic) bond motifs is 9. The van der Waals surface area contributed by atoms with Crippen LogP contribution >= 0.6 is 0 Å². The van der Waals surface area contributed by atoms with Crippen molar-refractivity contribution in [1.82, 2.24) is 44.9 Å². The van der Waals surface area contributed by atoms with Crippen molar-refractivity contribution in [3.05, 3.63) is 455 Å². The zero-order valence-electron chi connectivity index (χ0n) is 72.6. The van der Waals surface area contributed by atoms with Crippen LogP contribution in [0.5, 0.6) is 34.5 Å². The Kier molecular flexibility index (Phi) is 19.6. The van der Waals surface area contributed by atoms with Gasteiger partial charge in [-0.25, -0.2) is 44.9 Å². The molecule has 3 aliphatic heterocycles. The maximum Gasteiger partial charge on any atom is 0.160 e. The van der Waals surface area contributed by atoms with Crippen LogP contribution in [0.1, 0.15) is 0 Å². The van der Waals surface area contributed by atoms with Gasteiger partial charge in [-0.15, -0.1) is 0 Å². The Bertz CT molecular complexity index is 7850. The molecule has 0 radical (unpaired) electrons. The molecule has 0 bridgehead atoms. The molecular formula is C123H75N9O3. The van der Waals surface area contributed by atoms with Gasteiger partial charge in [0.25, 0.3) is 0 Å². The van der Waals surface area contributed by atoms with Crippen LogP contribution in [0.15, 0.2) is 455 Å². The van der Waals surface area contributed by atoms with Crippen LogP contribution in [0.2, 0.25) is 0 Å². The van der Waals surface area contributed by atoms with E-state index in [9.17, 15) is 0 Å². The fourth-order valence-electron chi connectivity index (χ4n) is 19.0. The number of hydrogen-bond acceptors (Lipinski definition) is 12. The highest BCUT2D eigenvalue weighted by atomic mass is 16.5. The molecule has 12 nitrogen and oxygen atoms in total. The molecule has 0 fully saturated rings. The Hall–Kier alpha value is -18.4. The van der Waals surface area contributed by atoms with Gasteiger partial charge in [0.1, 0.15) is 34.5 Å². The van der Waals surface area contributed by atoms with Crippen LogP contribution < -0.4 is 14.2 Å². The normalized spacial score (nSPS) is 11.7. The van der Waals surface area contributed by atoms with Crippen molar-refractivity contribution < 1.29 is 14.2 Å². The highest BCUT2D eigenvalue weighted by Crippen LogP contribution is 2.53. The Morgan fingerprint density at radius 2 is 0.444 bits per heavy atom. The smallest absolute Gasteiger partial charge is 0.160 e. The standard InChI is InChI=1S/3C41H25N3O/c1-3-10-26(11-4-1)36-24-29(25-37(42-36)27-12-5-2-6-13-27)34-21-18-28-19-22-35(44-41(28)43-34)30-20-23-39-40-32(30)15-9-16-33(40)31-14-7-8-17-38(31)45-39;1-3-10-26(11-4-1)29-24-36(27-12-5-2-6-13-27)42-37(25-29)35-22-19-28-18-21-34(43-41(28)44-35)30-20-23-39-40-32(30)15-9-16-33(40)31-14-7-8-17-38(31)45-39;1-3-10-26(11-4-1)36-22-28(23-37(44-36)27-12-5-2-6-13-27)30-20-29-21-31(25-43-41(29)42-24-30)32-18-19-39-40-34(32)15-9-16-35(40)33-14-7-8-17-38(33)45-39/h3*1-25H. The summed E-state index contributed by atoms with van der Waals surface area (Å²) in [5.41, 5.74) is 32.6. The molecule has 0 saturated carbocycles. The van der Waals surface area contributed by atoms with Gasteiger partial charge in [0.15, 0.2) is 16.9 Å². The highest BCUT2D eigenvalue weighted by molar-refractivity contribution is 6.13. The van der Waals surface area contributed by atoms with Gasteiger partial charge in [-0.05, 0) is 207 Å². The Balaban J connectivity index is 0.000000108. The van der Waals surface area contributed by atoms with Crippen LogP contribution in [-0.2, 0) is 0 Å². The van der Waals surface area contributed by atoms with Crippen molar-refractivity contribution in [2.24, 2.45) is 0 Å². The molecule has 135 heavy (non-hydrogen) atoms. The fourth-order valence-corrected chi connectivity index (χ4v) is 19.0. The van der Waals surface area contributed by atoms with Crippen molar-refractivity contribution in [3.63, 3.8) is 0 Å². The van der Waals surface area contributed by atoms with E-state index >= 15 is 0 Å². The summed E-state index contributed by atoms with van der Waals surface area (Å²) < 4.78 is 19.0. The van der Waals surface area contributed by atoms with E-state index in [1.54, 1.807) is 0 Å². The third-order valence-corrected chi connectivity index (χ3v) is 25.5. The Morgan fingerprint density at radius 3 is 0.867 bits per heavy atom. The summed E-state index contributed by atoms with van der Waals surface area (Å²) in [6, 6.07) is 152. The van der Waals surface area contributed by atoms with Crippen LogP contribution in [0, 0.1) is 0 Å². The number of benzene rings is 15. The van der Waals surface area contributed by atoms with E-state index < -0.39 is 0 Å². The van der Waals surface area contributed by atoms with Crippen LogP contribution in [0.25, 0.3) is 234 Å². The number of pyridine rings is 9. The van der Waals surface area contributed by atoms with E-state index in [0.29, 0.717) is 16.9 Å². The number of hydrogen-bond donors (Lipinski definition) is 0. The van der Waals surface area contributed by atoms with Crippen molar-refractivity contribution >= 4 is 65.4 Å². The first kappa shape index (κ1) is 78.8. The van der Waals surface area contributed by atoms with Gasteiger partial charge in [-0.2, -0.15) is 0 Å². The molecule has 27 rings (SSSR count). The van der Waals surface area contributed by atoms with Crippen molar-refractivity contribution in [2.75, 3.05) is 0 Å². The molecule has 0 aliphatic carbocycles. The third kappa shape index (κ3) is 14.8. The quantitative estimate of drug-likeness (QED) is 0.115. The van der Waals surface area contributed by atoms with Crippen LogP contribution in [-0.4, -0.2) is 44.9 Å². The molecule has 0 N–H and O–H groups in total. The van der Waals surface area contributed by atoms with Crippen molar-refractivity contribution in [2.45, 2.75) is 0 Å². The first-order valence-electron chi connectivity index (χ1n) is 45.1. The van der Waals surface area contributed by atoms with E-state index in [1.165, 1.54) is 16.7 Å². The second kappa shape index (κ2) is 33.6. The number of aromatic nitrogens is 9. The summed E-state index contributed by atoms with van der Waals surface area (Å²) in [6.07, 6.45) is 3.83. The molecule has 0 unspecified atom stereocenters. The van der Waals surface area contributed by atoms with Gasteiger partial charge in [-0.3, -0.25) is 0 Å². The molecule has 630 valence electrons. The lowest BCUT2D eigenvalue weighted by atomic mass is 9.90. The third-order valence-electron chi connectivity index (χ3n) is 25.5. The number of nitrogens with zero attached hydrogens (tertiary/aromatic N) is 9. The van der Waals surface area contributed by atoms with E-state index in [-0.39, 0.29) is 0 Å². The topological polar surface area (TPSA) is 144 Å². The molecule has 3 aliphatic rings. The minimum Gasteiger partial charge on any atom is -0.456 e. The van der Waals surface area contributed by atoms with E-state index in [0.717, 1.165) is 234 Å². The molecule has 15 aromatic carbocycles. The minimum absolute atomic E-state index is 0.681. The monoisotopic (exact) mass is 1730 g/mol. The summed E-state index contributed by atoms with van der Waals surface area (Å²) in [5, 5.41) is 9.63. The minimum atomic E-state index is 0.681.